The van der Waals surface area contributed by atoms with E-state index in [4.69, 9.17) is 0 Å². The molecule has 0 spiro atoms. The molecule has 0 saturated heterocycles. The summed E-state index contributed by atoms with van der Waals surface area (Å²) in [5.74, 6) is 0.899. The third-order valence-electron chi connectivity index (χ3n) is 4.75. The van der Waals surface area contributed by atoms with Gasteiger partial charge in [-0.3, -0.25) is 4.57 Å². The van der Waals surface area contributed by atoms with Crippen molar-refractivity contribution in [3.8, 4) is 5.88 Å². The van der Waals surface area contributed by atoms with Crippen molar-refractivity contribution in [3.05, 3.63) is 40.0 Å². The van der Waals surface area contributed by atoms with E-state index in [2.05, 4.69) is 20.5 Å². The van der Waals surface area contributed by atoms with Gasteiger partial charge >= 0.3 is 0 Å². The van der Waals surface area contributed by atoms with Gasteiger partial charge in [-0.15, -0.1) is 0 Å². The van der Waals surface area contributed by atoms with E-state index < -0.39 is 0 Å². The van der Waals surface area contributed by atoms with Gasteiger partial charge in [-0.1, -0.05) is 25.3 Å². The highest BCUT2D eigenvalue weighted by atomic mass is 16.3. The molecule has 0 unspecified atom stereocenters. The number of rotatable bonds is 3. The largest absolute Gasteiger partial charge is 0.493 e. The van der Waals surface area contributed by atoms with E-state index in [-0.39, 0.29) is 5.88 Å². The first-order valence-corrected chi connectivity index (χ1v) is 8.46. The lowest BCUT2D eigenvalue weighted by atomic mass is 9.96. The summed E-state index contributed by atoms with van der Waals surface area (Å²) in [6, 6.07) is 6.33. The molecule has 2 aromatic rings. The fraction of sp³-hybridized carbons (Fsp3) is 0.389. The van der Waals surface area contributed by atoms with Gasteiger partial charge in [0.05, 0.1) is 11.6 Å². The minimum Gasteiger partial charge on any atom is -0.493 e. The second-order valence-electron chi connectivity index (χ2n) is 6.49. The van der Waals surface area contributed by atoms with Crippen molar-refractivity contribution in [3.63, 3.8) is 0 Å². The maximum Gasteiger partial charge on any atom is 0.220 e. The number of nitrogens with zero attached hydrogens (tertiary/aromatic N) is 4. The zero-order valence-corrected chi connectivity index (χ0v) is 13.7. The Hall–Kier alpha value is -2.63. The molecule has 4 rings (SSSR count). The van der Waals surface area contributed by atoms with E-state index in [1.807, 2.05) is 31.3 Å². The average molecular weight is 323 g/mol. The number of nitrogens with one attached hydrogen (secondary N) is 1. The van der Waals surface area contributed by atoms with Crippen molar-refractivity contribution >= 4 is 18.2 Å². The number of hydrogen-bond acceptors (Lipinski definition) is 5. The molecule has 0 radical (unpaired) electrons. The molecule has 1 aromatic heterocycles. The number of hydrogen-bond donors (Lipinski definition) is 2. The Balaban J connectivity index is 1.64. The summed E-state index contributed by atoms with van der Waals surface area (Å²) in [6.45, 7) is 0. The van der Waals surface area contributed by atoms with Crippen LogP contribution in [0.4, 0.5) is 5.95 Å². The van der Waals surface area contributed by atoms with Crippen LogP contribution in [-0.4, -0.2) is 26.9 Å². The topological polar surface area (TPSA) is 74.8 Å². The van der Waals surface area contributed by atoms with Crippen LogP contribution < -0.4 is 15.9 Å². The molecule has 124 valence electrons. The van der Waals surface area contributed by atoms with Crippen molar-refractivity contribution in [2.24, 2.45) is 17.3 Å². The molecule has 2 aliphatic rings. The molecule has 2 N–H and O–H groups in total. The molecule has 1 aliphatic heterocycles. The second-order valence-corrected chi connectivity index (χ2v) is 6.49. The Morgan fingerprint density at radius 2 is 2.08 bits per heavy atom. The van der Waals surface area contributed by atoms with Gasteiger partial charge in [-0.25, -0.2) is 4.98 Å². The van der Waals surface area contributed by atoms with E-state index in [0.717, 1.165) is 22.1 Å². The molecule has 0 atom stereocenters. The number of benzene rings is 1. The van der Waals surface area contributed by atoms with Gasteiger partial charge in [0.2, 0.25) is 11.8 Å². The van der Waals surface area contributed by atoms with E-state index in [1.165, 1.54) is 32.1 Å². The van der Waals surface area contributed by atoms with Crippen molar-refractivity contribution in [2.75, 3.05) is 5.32 Å². The molecule has 6 heteroatoms. The first kappa shape index (κ1) is 14.9. The summed E-state index contributed by atoms with van der Waals surface area (Å²) in [5, 5.41) is 23.6. The van der Waals surface area contributed by atoms with Crippen molar-refractivity contribution in [1.82, 2.24) is 9.55 Å². The third kappa shape index (κ3) is 2.79. The van der Waals surface area contributed by atoms with Gasteiger partial charge in [-0.2, -0.15) is 10.2 Å². The quantitative estimate of drug-likeness (QED) is 0.902. The summed E-state index contributed by atoms with van der Waals surface area (Å²) in [4.78, 5) is 4.58. The molecule has 6 nitrogen and oxygen atoms in total. The summed E-state index contributed by atoms with van der Waals surface area (Å²) in [6.07, 6.45) is 9.79. The third-order valence-corrected chi connectivity index (χ3v) is 4.75. The van der Waals surface area contributed by atoms with Crippen LogP contribution >= 0.6 is 0 Å². The lowest BCUT2D eigenvalue weighted by Crippen LogP contribution is -2.23. The number of aromatic hydroxyl groups is 1. The fourth-order valence-corrected chi connectivity index (χ4v) is 3.34. The SMILES string of the molecule is Cn1c(NC2CCCCC2)nc(/C=c2\ccc3c(c2)C=NN=3)c1O. The maximum absolute atomic E-state index is 10.4. The molecule has 2 heterocycles. The molecule has 1 fully saturated rings. The number of anilines is 1. The predicted molar refractivity (Wildman–Crippen MR) is 93.8 cm³/mol. The van der Waals surface area contributed by atoms with Crippen LogP contribution in [0.5, 0.6) is 5.88 Å². The van der Waals surface area contributed by atoms with E-state index in [9.17, 15) is 5.11 Å². The maximum atomic E-state index is 10.4. The minimum atomic E-state index is 0.173. The van der Waals surface area contributed by atoms with Gasteiger partial charge in [0.25, 0.3) is 0 Å². The van der Waals surface area contributed by atoms with Crippen LogP contribution in [0.2, 0.25) is 0 Å². The van der Waals surface area contributed by atoms with Crippen LogP contribution in [-0.2, 0) is 7.05 Å². The van der Waals surface area contributed by atoms with Gasteiger partial charge in [0, 0.05) is 18.7 Å². The van der Waals surface area contributed by atoms with Gasteiger partial charge in [0.15, 0.2) is 0 Å². The Kier molecular flexibility index (Phi) is 3.80. The standard InChI is InChI=1S/C18H21N5O/c1-23-17(24)16(21-18(23)20-14-5-3-2-4-6-14)10-12-7-8-15-13(9-12)11-19-22-15/h7-11,14,24H,2-6H2,1H3,(H,20,21)/b12-10+. The first-order chi connectivity index (χ1) is 11.7. The highest BCUT2D eigenvalue weighted by Crippen LogP contribution is 2.25. The average Bonchev–Trinajstić information content (AvgIpc) is 3.16. The van der Waals surface area contributed by atoms with Crippen molar-refractivity contribution < 1.29 is 5.11 Å². The van der Waals surface area contributed by atoms with Crippen LogP contribution in [0.15, 0.2) is 28.4 Å². The zero-order chi connectivity index (χ0) is 16.5. The summed E-state index contributed by atoms with van der Waals surface area (Å²) < 4.78 is 1.71. The zero-order valence-electron chi connectivity index (χ0n) is 13.7. The minimum absolute atomic E-state index is 0.173. The van der Waals surface area contributed by atoms with Gasteiger partial charge in [-0.05, 0) is 36.3 Å². The second kappa shape index (κ2) is 6.11. The van der Waals surface area contributed by atoms with Gasteiger partial charge < -0.3 is 10.4 Å². The molecule has 1 aromatic carbocycles. The molecular weight excluding hydrogens is 302 g/mol. The lowest BCUT2D eigenvalue weighted by molar-refractivity contribution is 0.428. The lowest BCUT2D eigenvalue weighted by Gasteiger charge is -2.23. The Morgan fingerprint density at radius 3 is 2.92 bits per heavy atom. The Morgan fingerprint density at radius 1 is 1.25 bits per heavy atom. The van der Waals surface area contributed by atoms with Crippen LogP contribution in [0, 0.1) is 0 Å². The molecule has 1 saturated carbocycles. The highest BCUT2D eigenvalue weighted by molar-refractivity contribution is 5.80. The predicted octanol–water partition coefficient (Wildman–Crippen LogP) is 1.67. The van der Waals surface area contributed by atoms with Crippen molar-refractivity contribution in [1.29, 1.82) is 0 Å². The Labute approximate surface area is 140 Å². The Bertz CT molecular complexity index is 906. The summed E-state index contributed by atoms with van der Waals surface area (Å²) in [5.41, 5.74) is 1.56. The summed E-state index contributed by atoms with van der Waals surface area (Å²) >= 11 is 0. The van der Waals surface area contributed by atoms with E-state index in [0.29, 0.717) is 11.7 Å². The summed E-state index contributed by atoms with van der Waals surface area (Å²) in [7, 11) is 1.83. The number of imidazole rings is 1. The molecule has 24 heavy (non-hydrogen) atoms. The number of fused-ring (bicyclic) bond motifs is 1. The number of aromatic nitrogens is 2. The van der Waals surface area contributed by atoms with E-state index >= 15 is 0 Å². The smallest absolute Gasteiger partial charge is 0.220 e. The van der Waals surface area contributed by atoms with Gasteiger partial charge in [0.1, 0.15) is 5.69 Å². The molecule has 0 amide bonds. The molecule has 0 bridgehead atoms. The van der Waals surface area contributed by atoms with E-state index in [1.54, 1.807) is 10.8 Å². The highest BCUT2D eigenvalue weighted by Gasteiger charge is 2.18. The molecule has 1 aliphatic carbocycles. The normalized spacial score (nSPS) is 17.8. The fourth-order valence-electron chi connectivity index (χ4n) is 3.34. The van der Waals surface area contributed by atoms with Crippen LogP contribution in [0.1, 0.15) is 43.4 Å². The molecular formula is C18H21N5O. The van der Waals surface area contributed by atoms with Crippen molar-refractivity contribution in [2.45, 2.75) is 38.1 Å². The van der Waals surface area contributed by atoms with Crippen LogP contribution in [0.25, 0.3) is 6.08 Å². The van der Waals surface area contributed by atoms with Crippen LogP contribution in [0.3, 0.4) is 0 Å². The monoisotopic (exact) mass is 323 g/mol. The first-order valence-electron chi connectivity index (χ1n) is 8.46.